The normalized spacial score (nSPS) is 21.0. The molecule has 1 heterocycles. The third-order valence-corrected chi connectivity index (χ3v) is 3.64. The van der Waals surface area contributed by atoms with E-state index < -0.39 is 0 Å². The molecule has 0 bridgehead atoms. The molecule has 1 saturated heterocycles. The second kappa shape index (κ2) is 7.22. The van der Waals surface area contributed by atoms with Crippen molar-refractivity contribution in [2.45, 2.75) is 32.7 Å². The molecule has 0 aliphatic carbocycles. The average Bonchev–Trinajstić information content (AvgIpc) is 2.91. The summed E-state index contributed by atoms with van der Waals surface area (Å²) in [5.41, 5.74) is 1.18. The van der Waals surface area contributed by atoms with E-state index in [0.717, 1.165) is 19.4 Å². The summed E-state index contributed by atoms with van der Waals surface area (Å²) >= 11 is 0. The lowest BCUT2D eigenvalue weighted by molar-refractivity contribution is -0.118. The SMILES string of the molecule is CCCOC(=O)c1ccc(NC(=O)C2NCCC2C)cc1. The molecule has 1 fully saturated rings. The third-order valence-electron chi connectivity index (χ3n) is 3.64. The van der Waals surface area contributed by atoms with Gasteiger partial charge in [-0.05, 0) is 49.6 Å². The Bertz CT molecular complexity index is 499. The number of rotatable bonds is 5. The zero-order valence-corrected chi connectivity index (χ0v) is 12.5. The summed E-state index contributed by atoms with van der Waals surface area (Å²) in [7, 11) is 0. The summed E-state index contributed by atoms with van der Waals surface area (Å²) in [4.78, 5) is 23.8. The topological polar surface area (TPSA) is 67.4 Å². The van der Waals surface area contributed by atoms with Crippen LogP contribution in [0, 0.1) is 5.92 Å². The number of amides is 1. The Morgan fingerprint density at radius 2 is 2.05 bits per heavy atom. The van der Waals surface area contributed by atoms with E-state index in [-0.39, 0.29) is 17.9 Å². The zero-order chi connectivity index (χ0) is 15.2. The maximum absolute atomic E-state index is 12.1. The van der Waals surface area contributed by atoms with Gasteiger partial charge >= 0.3 is 5.97 Å². The zero-order valence-electron chi connectivity index (χ0n) is 12.5. The minimum absolute atomic E-state index is 0.0266. The lowest BCUT2D eigenvalue weighted by Crippen LogP contribution is -2.39. The van der Waals surface area contributed by atoms with Crippen molar-refractivity contribution in [1.82, 2.24) is 5.32 Å². The molecular formula is C16H22N2O3. The van der Waals surface area contributed by atoms with Gasteiger partial charge < -0.3 is 15.4 Å². The summed E-state index contributed by atoms with van der Waals surface area (Å²) < 4.78 is 5.06. The fraction of sp³-hybridized carbons (Fsp3) is 0.500. The van der Waals surface area contributed by atoms with Crippen molar-refractivity contribution in [3.63, 3.8) is 0 Å². The van der Waals surface area contributed by atoms with Gasteiger partial charge in [0.2, 0.25) is 5.91 Å². The van der Waals surface area contributed by atoms with E-state index in [0.29, 0.717) is 23.8 Å². The first-order valence-corrected chi connectivity index (χ1v) is 7.43. The highest BCUT2D eigenvalue weighted by molar-refractivity contribution is 5.96. The van der Waals surface area contributed by atoms with E-state index in [9.17, 15) is 9.59 Å². The highest BCUT2D eigenvalue weighted by Crippen LogP contribution is 2.17. The van der Waals surface area contributed by atoms with Crippen LogP contribution in [0.2, 0.25) is 0 Å². The van der Waals surface area contributed by atoms with Crippen LogP contribution >= 0.6 is 0 Å². The highest BCUT2D eigenvalue weighted by atomic mass is 16.5. The molecule has 1 amide bonds. The Morgan fingerprint density at radius 3 is 2.62 bits per heavy atom. The Balaban J connectivity index is 1.93. The first-order chi connectivity index (χ1) is 10.1. The van der Waals surface area contributed by atoms with Gasteiger partial charge in [-0.1, -0.05) is 13.8 Å². The highest BCUT2D eigenvalue weighted by Gasteiger charge is 2.29. The number of carbonyl (C=O) groups excluding carboxylic acids is 2. The monoisotopic (exact) mass is 290 g/mol. The van der Waals surface area contributed by atoms with Gasteiger partial charge in [-0.25, -0.2) is 4.79 Å². The van der Waals surface area contributed by atoms with Crippen LogP contribution in [0.4, 0.5) is 5.69 Å². The number of benzene rings is 1. The van der Waals surface area contributed by atoms with Gasteiger partial charge in [0.05, 0.1) is 18.2 Å². The molecule has 0 spiro atoms. The van der Waals surface area contributed by atoms with Crippen LogP contribution < -0.4 is 10.6 Å². The smallest absolute Gasteiger partial charge is 0.338 e. The molecule has 2 rings (SSSR count). The molecule has 2 unspecified atom stereocenters. The molecular weight excluding hydrogens is 268 g/mol. The average molecular weight is 290 g/mol. The molecule has 0 radical (unpaired) electrons. The van der Waals surface area contributed by atoms with Crippen molar-refractivity contribution < 1.29 is 14.3 Å². The largest absolute Gasteiger partial charge is 0.462 e. The molecule has 1 aromatic carbocycles. The van der Waals surface area contributed by atoms with Crippen molar-refractivity contribution >= 4 is 17.6 Å². The van der Waals surface area contributed by atoms with Crippen LogP contribution in [0.3, 0.4) is 0 Å². The van der Waals surface area contributed by atoms with E-state index >= 15 is 0 Å². The van der Waals surface area contributed by atoms with E-state index in [2.05, 4.69) is 17.6 Å². The van der Waals surface area contributed by atoms with Gasteiger partial charge in [-0.3, -0.25) is 4.79 Å². The van der Waals surface area contributed by atoms with Crippen molar-refractivity contribution in [2.75, 3.05) is 18.5 Å². The molecule has 21 heavy (non-hydrogen) atoms. The molecule has 5 heteroatoms. The molecule has 1 aliphatic heterocycles. The predicted molar refractivity (Wildman–Crippen MR) is 81.2 cm³/mol. The van der Waals surface area contributed by atoms with Gasteiger partial charge in [0, 0.05) is 5.69 Å². The van der Waals surface area contributed by atoms with Gasteiger partial charge in [0.15, 0.2) is 0 Å². The fourth-order valence-electron chi connectivity index (χ4n) is 2.37. The van der Waals surface area contributed by atoms with Crippen LogP contribution in [0.1, 0.15) is 37.0 Å². The van der Waals surface area contributed by atoms with Crippen molar-refractivity contribution in [3.8, 4) is 0 Å². The molecule has 2 N–H and O–H groups in total. The second-order valence-electron chi connectivity index (χ2n) is 5.40. The van der Waals surface area contributed by atoms with Crippen LogP contribution in [-0.4, -0.2) is 31.1 Å². The Labute approximate surface area is 125 Å². The van der Waals surface area contributed by atoms with Gasteiger partial charge in [0.25, 0.3) is 0 Å². The molecule has 114 valence electrons. The van der Waals surface area contributed by atoms with Crippen LogP contribution in [0.25, 0.3) is 0 Å². The summed E-state index contributed by atoms with van der Waals surface area (Å²) in [6.45, 7) is 5.31. The van der Waals surface area contributed by atoms with Crippen LogP contribution in [-0.2, 0) is 9.53 Å². The minimum atomic E-state index is -0.333. The van der Waals surface area contributed by atoms with Gasteiger partial charge in [-0.2, -0.15) is 0 Å². The Kier molecular flexibility index (Phi) is 5.33. The Hall–Kier alpha value is -1.88. The van der Waals surface area contributed by atoms with Gasteiger partial charge in [-0.15, -0.1) is 0 Å². The first kappa shape index (κ1) is 15.5. The number of anilines is 1. The molecule has 0 aromatic heterocycles. The van der Waals surface area contributed by atoms with Crippen LogP contribution in [0.5, 0.6) is 0 Å². The van der Waals surface area contributed by atoms with Crippen LogP contribution in [0.15, 0.2) is 24.3 Å². The van der Waals surface area contributed by atoms with E-state index in [4.69, 9.17) is 4.74 Å². The molecule has 0 saturated carbocycles. The molecule has 2 atom stereocenters. The maximum atomic E-state index is 12.1. The standard InChI is InChI=1S/C16H22N2O3/c1-3-10-21-16(20)12-4-6-13(7-5-12)18-15(19)14-11(2)8-9-17-14/h4-7,11,14,17H,3,8-10H2,1-2H3,(H,18,19). The number of hydrogen-bond donors (Lipinski definition) is 2. The predicted octanol–water partition coefficient (Wildman–Crippen LogP) is 2.19. The summed E-state index contributed by atoms with van der Waals surface area (Å²) in [6.07, 6.45) is 1.81. The Morgan fingerprint density at radius 1 is 1.33 bits per heavy atom. The van der Waals surface area contributed by atoms with E-state index in [1.54, 1.807) is 24.3 Å². The van der Waals surface area contributed by atoms with Gasteiger partial charge in [0.1, 0.15) is 0 Å². The number of esters is 1. The number of carbonyl (C=O) groups is 2. The number of hydrogen-bond acceptors (Lipinski definition) is 4. The summed E-state index contributed by atoms with van der Waals surface area (Å²) in [5.74, 6) is -0.0181. The van der Waals surface area contributed by atoms with Crippen molar-refractivity contribution in [1.29, 1.82) is 0 Å². The summed E-state index contributed by atoms with van der Waals surface area (Å²) in [6, 6.07) is 6.64. The first-order valence-electron chi connectivity index (χ1n) is 7.43. The van der Waals surface area contributed by atoms with Crippen molar-refractivity contribution in [2.24, 2.45) is 5.92 Å². The lowest BCUT2D eigenvalue weighted by Gasteiger charge is -2.15. The number of nitrogens with one attached hydrogen (secondary N) is 2. The third kappa shape index (κ3) is 4.04. The van der Waals surface area contributed by atoms with E-state index in [1.165, 1.54) is 0 Å². The quantitative estimate of drug-likeness (QED) is 0.816. The summed E-state index contributed by atoms with van der Waals surface area (Å²) in [5, 5.41) is 6.06. The fourth-order valence-corrected chi connectivity index (χ4v) is 2.37. The maximum Gasteiger partial charge on any atom is 0.338 e. The second-order valence-corrected chi connectivity index (χ2v) is 5.40. The molecule has 1 aromatic rings. The molecule has 1 aliphatic rings. The number of ether oxygens (including phenoxy) is 1. The molecule has 5 nitrogen and oxygen atoms in total. The van der Waals surface area contributed by atoms with E-state index in [1.807, 2.05) is 6.92 Å². The lowest BCUT2D eigenvalue weighted by atomic mass is 10.0. The minimum Gasteiger partial charge on any atom is -0.462 e. The van der Waals surface area contributed by atoms with Crippen molar-refractivity contribution in [3.05, 3.63) is 29.8 Å².